The molecule has 0 bridgehead atoms. The van der Waals surface area contributed by atoms with Crippen LogP contribution >= 0.6 is 0 Å². The van der Waals surface area contributed by atoms with Gasteiger partial charge in [0, 0.05) is 44.4 Å². The molecule has 0 aliphatic rings. The van der Waals surface area contributed by atoms with E-state index in [1.54, 1.807) is 0 Å². The monoisotopic (exact) mass is 510 g/mol. The lowest BCUT2D eigenvalue weighted by molar-refractivity contribution is 1.18. The topological polar surface area (TPSA) is 35.1 Å². The predicted molar refractivity (Wildman–Crippen MR) is 165 cm³/mol. The third kappa shape index (κ3) is 2.85. The number of pyridine rings is 2. The summed E-state index contributed by atoms with van der Waals surface area (Å²) in [6.45, 7) is 0. The largest absolute Gasteiger partial charge is 0.309 e. The van der Waals surface area contributed by atoms with Crippen LogP contribution in [0, 0.1) is 0 Å². The molecule has 0 aliphatic heterocycles. The Kier molecular flexibility index (Phi) is 4.30. The molecule has 40 heavy (non-hydrogen) atoms. The number of aromatic nitrogens is 4. The van der Waals surface area contributed by atoms with Gasteiger partial charge in [0.2, 0.25) is 0 Å². The zero-order valence-electron chi connectivity index (χ0n) is 21.5. The number of benzene rings is 5. The molecule has 0 spiro atoms. The predicted octanol–water partition coefficient (Wildman–Crippen LogP) is 8.95. The number of nitrogens with zero attached hydrogens (tertiary/aromatic N) is 4. The van der Waals surface area contributed by atoms with Crippen LogP contribution in [-0.2, 0) is 0 Å². The maximum Gasteiger partial charge on any atom is 0.146 e. The summed E-state index contributed by atoms with van der Waals surface area (Å²) in [4.78, 5) is 9.74. The van der Waals surface area contributed by atoms with Gasteiger partial charge in [-0.05, 0) is 60.7 Å². The number of hydrogen-bond donors (Lipinski definition) is 0. The van der Waals surface area contributed by atoms with Gasteiger partial charge in [-0.1, -0.05) is 66.7 Å². The number of imidazole rings is 1. The summed E-state index contributed by atoms with van der Waals surface area (Å²) < 4.78 is 4.70. The Bertz CT molecular complexity index is 2430. The van der Waals surface area contributed by atoms with Crippen molar-refractivity contribution in [2.45, 2.75) is 0 Å². The van der Waals surface area contributed by atoms with E-state index in [0.717, 1.165) is 39.0 Å². The average Bonchev–Trinajstić information content (AvgIpc) is 3.58. The van der Waals surface area contributed by atoms with Crippen LogP contribution < -0.4 is 0 Å². The first-order valence-electron chi connectivity index (χ1n) is 13.5. The molecule has 0 saturated heterocycles. The van der Waals surface area contributed by atoms with E-state index in [1.807, 2.05) is 18.3 Å². The Hall–Kier alpha value is -5.48. The number of fused-ring (bicyclic) bond motifs is 12. The minimum atomic E-state index is 0.968. The van der Waals surface area contributed by atoms with Crippen molar-refractivity contribution in [2.24, 2.45) is 0 Å². The zero-order valence-corrected chi connectivity index (χ0v) is 21.5. The van der Waals surface area contributed by atoms with Crippen LogP contribution in [-0.4, -0.2) is 18.9 Å². The van der Waals surface area contributed by atoms with E-state index in [9.17, 15) is 0 Å². The summed E-state index contributed by atoms with van der Waals surface area (Å²) in [5, 5.41) is 6.11. The highest BCUT2D eigenvalue weighted by Gasteiger charge is 2.20. The molecule has 0 unspecified atom stereocenters. The van der Waals surface area contributed by atoms with E-state index in [2.05, 4.69) is 129 Å². The molecule has 9 aromatic rings. The fourth-order valence-electron chi connectivity index (χ4n) is 6.47. The summed E-state index contributed by atoms with van der Waals surface area (Å²) in [6, 6.07) is 45.1. The molecule has 4 nitrogen and oxygen atoms in total. The normalized spacial score (nSPS) is 12.0. The lowest BCUT2D eigenvalue weighted by atomic mass is 10.00. The Labute approximate surface area is 229 Å². The first-order valence-corrected chi connectivity index (χ1v) is 13.5. The van der Waals surface area contributed by atoms with Gasteiger partial charge in [-0.15, -0.1) is 0 Å². The summed E-state index contributed by atoms with van der Waals surface area (Å²) in [5.74, 6) is 0. The van der Waals surface area contributed by atoms with Crippen molar-refractivity contribution in [3.63, 3.8) is 0 Å². The second-order valence-corrected chi connectivity index (χ2v) is 10.3. The fraction of sp³-hybridized carbons (Fsp3) is 0. The van der Waals surface area contributed by atoms with Gasteiger partial charge in [-0.2, -0.15) is 0 Å². The van der Waals surface area contributed by atoms with Gasteiger partial charge in [0.25, 0.3) is 0 Å². The summed E-state index contributed by atoms with van der Waals surface area (Å²) in [5.41, 5.74) is 9.84. The van der Waals surface area contributed by atoms with Crippen LogP contribution in [0.3, 0.4) is 0 Å². The average molecular weight is 511 g/mol. The van der Waals surface area contributed by atoms with E-state index in [0.29, 0.717) is 0 Å². The molecule has 186 valence electrons. The zero-order chi connectivity index (χ0) is 26.2. The smallest absolute Gasteiger partial charge is 0.146 e. The Balaban J connectivity index is 1.47. The molecule has 0 saturated carbocycles. The molecular weight excluding hydrogens is 488 g/mol. The molecule has 4 heteroatoms. The minimum absolute atomic E-state index is 0.968. The van der Waals surface area contributed by atoms with Crippen molar-refractivity contribution in [3.8, 4) is 16.9 Å². The first-order chi connectivity index (χ1) is 19.9. The highest BCUT2D eigenvalue weighted by atomic mass is 15.0. The van der Waals surface area contributed by atoms with Crippen molar-refractivity contribution in [3.05, 3.63) is 134 Å². The molecule has 0 amide bonds. The standard InChI is InChI=1S/C36H22N4/c1-5-17-31-25(12-1)34-27(36-38-29-15-3-6-18-32(29)40(31)36)19-20-33-35(34)26-13-2-4-16-30(26)39(33)24-11-9-10-23(22-24)28-14-7-8-21-37-28/h1-22H. The third-order valence-corrected chi connectivity index (χ3v) is 8.12. The van der Waals surface area contributed by atoms with Gasteiger partial charge < -0.3 is 4.57 Å². The maximum absolute atomic E-state index is 5.14. The highest BCUT2D eigenvalue weighted by molar-refractivity contribution is 6.30. The van der Waals surface area contributed by atoms with Crippen LogP contribution in [0.5, 0.6) is 0 Å². The van der Waals surface area contributed by atoms with Crippen LogP contribution in [0.2, 0.25) is 0 Å². The van der Waals surface area contributed by atoms with Crippen molar-refractivity contribution in [1.29, 1.82) is 0 Å². The molecule has 9 rings (SSSR count). The SMILES string of the molecule is c1ccc(-c2cccc(-n3c4ccccc4c4c5c6ccccc6n6c7ccccc7nc6c5ccc43)c2)nc1. The van der Waals surface area contributed by atoms with E-state index in [1.165, 1.54) is 38.1 Å². The summed E-state index contributed by atoms with van der Waals surface area (Å²) >= 11 is 0. The van der Waals surface area contributed by atoms with E-state index in [4.69, 9.17) is 4.98 Å². The highest BCUT2D eigenvalue weighted by Crippen LogP contribution is 2.42. The minimum Gasteiger partial charge on any atom is -0.309 e. The lowest BCUT2D eigenvalue weighted by Gasteiger charge is -2.12. The second kappa shape index (κ2) is 8.01. The third-order valence-electron chi connectivity index (χ3n) is 8.12. The molecule has 0 N–H and O–H groups in total. The molecular formula is C36H22N4. The van der Waals surface area contributed by atoms with E-state index < -0.39 is 0 Å². The number of para-hydroxylation sites is 4. The Morgan fingerprint density at radius 2 is 1.25 bits per heavy atom. The molecule has 4 heterocycles. The molecule has 0 radical (unpaired) electrons. The second-order valence-electron chi connectivity index (χ2n) is 10.3. The molecule has 0 aliphatic carbocycles. The quantitative estimate of drug-likeness (QED) is 0.218. The summed E-state index contributed by atoms with van der Waals surface area (Å²) in [7, 11) is 0. The van der Waals surface area contributed by atoms with Gasteiger partial charge in [0.1, 0.15) is 5.65 Å². The molecule has 5 aromatic carbocycles. The Morgan fingerprint density at radius 1 is 0.500 bits per heavy atom. The van der Waals surface area contributed by atoms with Gasteiger partial charge in [0.15, 0.2) is 0 Å². The van der Waals surface area contributed by atoms with Gasteiger partial charge in [-0.25, -0.2) is 4.98 Å². The van der Waals surface area contributed by atoms with Crippen LogP contribution in [0.4, 0.5) is 0 Å². The van der Waals surface area contributed by atoms with Crippen molar-refractivity contribution in [2.75, 3.05) is 0 Å². The van der Waals surface area contributed by atoms with Gasteiger partial charge in [0.05, 0.1) is 33.3 Å². The van der Waals surface area contributed by atoms with Crippen LogP contribution in [0.25, 0.3) is 77.1 Å². The first kappa shape index (κ1) is 21.5. The summed E-state index contributed by atoms with van der Waals surface area (Å²) in [6.07, 6.45) is 1.85. The van der Waals surface area contributed by atoms with Crippen molar-refractivity contribution < 1.29 is 0 Å². The lowest BCUT2D eigenvalue weighted by Crippen LogP contribution is -1.95. The Morgan fingerprint density at radius 3 is 2.10 bits per heavy atom. The van der Waals surface area contributed by atoms with Crippen molar-refractivity contribution >= 4 is 60.2 Å². The van der Waals surface area contributed by atoms with Crippen molar-refractivity contribution in [1.82, 2.24) is 18.9 Å². The molecule has 0 fully saturated rings. The van der Waals surface area contributed by atoms with Gasteiger partial charge in [-0.3, -0.25) is 9.38 Å². The van der Waals surface area contributed by atoms with Crippen LogP contribution in [0.15, 0.2) is 134 Å². The maximum atomic E-state index is 5.14. The van der Waals surface area contributed by atoms with E-state index in [-0.39, 0.29) is 0 Å². The fourth-order valence-corrected chi connectivity index (χ4v) is 6.47. The molecule has 4 aromatic heterocycles. The van der Waals surface area contributed by atoms with Crippen LogP contribution in [0.1, 0.15) is 0 Å². The molecule has 0 atom stereocenters. The number of rotatable bonds is 2. The van der Waals surface area contributed by atoms with E-state index >= 15 is 0 Å². The number of hydrogen-bond acceptors (Lipinski definition) is 2. The van der Waals surface area contributed by atoms with Gasteiger partial charge >= 0.3 is 0 Å².